The Morgan fingerprint density at radius 3 is 2.42 bits per heavy atom. The first-order valence-corrected chi connectivity index (χ1v) is 6.67. The molecule has 1 aromatic carbocycles. The molecule has 0 saturated heterocycles. The zero-order chi connectivity index (χ0) is 14.3. The molecular weight excluding hydrogens is 312 g/mol. The summed E-state index contributed by atoms with van der Waals surface area (Å²) in [5.41, 5.74) is 0.548. The van der Waals surface area contributed by atoms with Gasteiger partial charge in [-0.2, -0.15) is 5.26 Å². The molecule has 0 saturated carbocycles. The quantitative estimate of drug-likeness (QED) is 0.871. The molecule has 19 heavy (non-hydrogen) atoms. The van der Waals surface area contributed by atoms with Crippen molar-refractivity contribution in [2.45, 2.75) is 20.3 Å². The summed E-state index contributed by atoms with van der Waals surface area (Å²) in [7, 11) is 0. The summed E-state index contributed by atoms with van der Waals surface area (Å²) >= 11 is 3.35. The van der Waals surface area contributed by atoms with Crippen LogP contribution in [0.15, 0.2) is 16.6 Å². The normalized spacial score (nSPS) is 9.58. The fourth-order valence-corrected chi connectivity index (χ4v) is 1.86. The third-order valence-electron chi connectivity index (χ3n) is 2.15. The second-order valence-corrected chi connectivity index (χ2v) is 4.38. The minimum Gasteiger partial charge on any atom is -0.490 e. The Kier molecular flexibility index (Phi) is 6.16. The highest BCUT2D eigenvalue weighted by molar-refractivity contribution is 9.10. The molecule has 0 aliphatic carbocycles. The Morgan fingerprint density at radius 1 is 1.32 bits per heavy atom. The summed E-state index contributed by atoms with van der Waals surface area (Å²) in [6.07, 6.45) is -0.191. The molecule has 0 radical (unpaired) electrons. The van der Waals surface area contributed by atoms with E-state index in [1.807, 2.05) is 13.8 Å². The molecule has 0 aliphatic heterocycles. The second kappa shape index (κ2) is 7.64. The van der Waals surface area contributed by atoms with Gasteiger partial charge in [0, 0.05) is 16.6 Å². The Hall–Kier alpha value is -1.74. The van der Waals surface area contributed by atoms with Crippen LogP contribution in [0, 0.1) is 11.3 Å². The van der Waals surface area contributed by atoms with Crippen LogP contribution in [0.4, 0.5) is 5.69 Å². The summed E-state index contributed by atoms with van der Waals surface area (Å²) < 4.78 is 11.6. The molecule has 0 spiro atoms. The average molecular weight is 327 g/mol. The lowest BCUT2D eigenvalue weighted by Crippen LogP contribution is -2.11. The molecule has 0 unspecified atom stereocenters. The van der Waals surface area contributed by atoms with Crippen molar-refractivity contribution in [1.29, 1.82) is 5.26 Å². The predicted molar refractivity (Wildman–Crippen MR) is 75.3 cm³/mol. The van der Waals surface area contributed by atoms with E-state index in [0.717, 1.165) is 0 Å². The molecule has 0 heterocycles. The van der Waals surface area contributed by atoms with Crippen LogP contribution in [0.5, 0.6) is 11.5 Å². The van der Waals surface area contributed by atoms with Gasteiger partial charge >= 0.3 is 0 Å². The van der Waals surface area contributed by atoms with E-state index < -0.39 is 0 Å². The zero-order valence-electron chi connectivity index (χ0n) is 10.8. The number of amides is 1. The summed E-state index contributed by atoms with van der Waals surface area (Å²) in [6.45, 7) is 4.76. The van der Waals surface area contributed by atoms with Crippen molar-refractivity contribution >= 4 is 27.5 Å². The average Bonchev–Trinajstić information content (AvgIpc) is 2.35. The summed E-state index contributed by atoms with van der Waals surface area (Å²) in [5.74, 6) is 0.795. The van der Waals surface area contributed by atoms with Crippen LogP contribution in [0.3, 0.4) is 0 Å². The highest BCUT2D eigenvalue weighted by Gasteiger charge is 2.12. The zero-order valence-corrected chi connectivity index (χ0v) is 12.4. The van der Waals surface area contributed by atoms with Gasteiger partial charge in [0.25, 0.3) is 0 Å². The number of nitrogens with zero attached hydrogens (tertiary/aromatic N) is 1. The molecule has 102 valence electrons. The van der Waals surface area contributed by atoms with E-state index in [1.54, 1.807) is 18.2 Å². The van der Waals surface area contributed by atoms with Crippen molar-refractivity contribution in [3.05, 3.63) is 16.6 Å². The van der Waals surface area contributed by atoms with E-state index >= 15 is 0 Å². The highest BCUT2D eigenvalue weighted by Crippen LogP contribution is 2.36. The predicted octanol–water partition coefficient (Wildman–Crippen LogP) is 3.10. The Labute approximate surface area is 120 Å². The van der Waals surface area contributed by atoms with Crippen LogP contribution in [0.25, 0.3) is 0 Å². The number of anilines is 1. The van der Waals surface area contributed by atoms with Crippen molar-refractivity contribution in [1.82, 2.24) is 0 Å². The van der Waals surface area contributed by atoms with Crippen molar-refractivity contribution in [2.75, 3.05) is 18.5 Å². The molecule has 0 aromatic heterocycles. The topological polar surface area (TPSA) is 71.3 Å². The van der Waals surface area contributed by atoms with Crippen molar-refractivity contribution in [2.24, 2.45) is 0 Å². The summed E-state index contributed by atoms with van der Waals surface area (Å²) in [5, 5.41) is 11.1. The van der Waals surface area contributed by atoms with Gasteiger partial charge in [-0.3, -0.25) is 4.79 Å². The van der Waals surface area contributed by atoms with E-state index in [9.17, 15) is 4.79 Å². The van der Waals surface area contributed by atoms with E-state index in [2.05, 4.69) is 21.2 Å². The minimum atomic E-state index is -0.366. The maximum Gasteiger partial charge on any atom is 0.238 e. The molecule has 1 rings (SSSR count). The van der Waals surface area contributed by atoms with Gasteiger partial charge in [-0.05, 0) is 29.8 Å². The number of rotatable bonds is 6. The summed E-state index contributed by atoms with van der Waals surface area (Å²) in [6, 6.07) is 5.20. The number of carbonyl (C=O) groups is 1. The first-order chi connectivity index (χ1) is 9.12. The van der Waals surface area contributed by atoms with E-state index in [4.69, 9.17) is 14.7 Å². The third-order valence-corrected chi connectivity index (χ3v) is 2.80. The lowest BCUT2D eigenvalue weighted by atomic mass is 10.2. The first-order valence-electron chi connectivity index (χ1n) is 5.88. The van der Waals surface area contributed by atoms with Crippen LogP contribution in [-0.4, -0.2) is 19.1 Å². The molecule has 0 aliphatic rings. The number of hydrogen-bond donors (Lipinski definition) is 1. The van der Waals surface area contributed by atoms with Gasteiger partial charge in [-0.1, -0.05) is 0 Å². The Bertz CT molecular complexity index is 497. The number of hydrogen-bond acceptors (Lipinski definition) is 4. The SMILES string of the molecule is CCOc1cc(Br)c(NC(=O)CC#N)cc1OCC. The van der Waals surface area contributed by atoms with Crippen LogP contribution < -0.4 is 14.8 Å². The molecule has 0 atom stereocenters. The van der Waals surface area contributed by atoms with Gasteiger partial charge in [0.05, 0.1) is 25.0 Å². The second-order valence-electron chi connectivity index (χ2n) is 3.53. The molecule has 5 nitrogen and oxygen atoms in total. The van der Waals surface area contributed by atoms with Crippen LogP contribution >= 0.6 is 15.9 Å². The van der Waals surface area contributed by atoms with Gasteiger partial charge in [0.15, 0.2) is 11.5 Å². The largest absolute Gasteiger partial charge is 0.490 e. The lowest BCUT2D eigenvalue weighted by molar-refractivity contribution is -0.115. The monoisotopic (exact) mass is 326 g/mol. The van der Waals surface area contributed by atoms with E-state index in [0.29, 0.717) is 34.9 Å². The molecule has 1 N–H and O–H groups in total. The highest BCUT2D eigenvalue weighted by atomic mass is 79.9. The maximum atomic E-state index is 11.4. The number of carbonyl (C=O) groups excluding carboxylic acids is 1. The molecular formula is C13H15BrN2O3. The van der Waals surface area contributed by atoms with Crippen LogP contribution in [-0.2, 0) is 4.79 Å². The smallest absolute Gasteiger partial charge is 0.238 e. The number of nitriles is 1. The summed E-state index contributed by atoms with van der Waals surface area (Å²) in [4.78, 5) is 11.4. The van der Waals surface area contributed by atoms with Crippen molar-refractivity contribution < 1.29 is 14.3 Å². The first kappa shape index (κ1) is 15.3. The van der Waals surface area contributed by atoms with Crippen LogP contribution in [0.2, 0.25) is 0 Å². The van der Waals surface area contributed by atoms with Gasteiger partial charge in [0.1, 0.15) is 6.42 Å². The molecule has 0 fully saturated rings. The van der Waals surface area contributed by atoms with E-state index in [-0.39, 0.29) is 12.3 Å². The maximum absolute atomic E-state index is 11.4. The molecule has 1 amide bonds. The van der Waals surface area contributed by atoms with Gasteiger partial charge < -0.3 is 14.8 Å². The van der Waals surface area contributed by atoms with Gasteiger partial charge in [0.2, 0.25) is 5.91 Å². The fourth-order valence-electron chi connectivity index (χ4n) is 1.43. The fraction of sp³-hybridized carbons (Fsp3) is 0.385. The standard InChI is InChI=1S/C13H15BrN2O3/c1-3-18-11-7-9(14)10(8-12(11)19-4-2)16-13(17)5-6-15/h7-8H,3-5H2,1-2H3,(H,16,17). The molecule has 0 bridgehead atoms. The van der Waals surface area contributed by atoms with Gasteiger partial charge in [-0.15, -0.1) is 0 Å². The van der Waals surface area contributed by atoms with E-state index in [1.165, 1.54) is 0 Å². The Balaban J connectivity index is 3.02. The Morgan fingerprint density at radius 2 is 1.89 bits per heavy atom. The number of halogens is 1. The third kappa shape index (κ3) is 4.45. The number of benzene rings is 1. The number of nitrogens with one attached hydrogen (secondary N) is 1. The lowest BCUT2D eigenvalue weighted by Gasteiger charge is -2.14. The molecule has 1 aromatic rings. The molecule has 6 heteroatoms. The van der Waals surface area contributed by atoms with Crippen molar-refractivity contribution in [3.8, 4) is 17.6 Å². The minimum absolute atomic E-state index is 0.191. The van der Waals surface area contributed by atoms with Gasteiger partial charge in [-0.25, -0.2) is 0 Å². The number of ether oxygens (including phenoxy) is 2. The van der Waals surface area contributed by atoms with Crippen LogP contribution in [0.1, 0.15) is 20.3 Å². The van der Waals surface area contributed by atoms with Crippen molar-refractivity contribution in [3.63, 3.8) is 0 Å².